The smallest absolute Gasteiger partial charge is 0.173 e. The Morgan fingerprint density at radius 2 is 2.00 bits per heavy atom. The summed E-state index contributed by atoms with van der Waals surface area (Å²) in [5, 5.41) is 1.14. The molecule has 0 unspecified atom stereocenters. The van der Waals surface area contributed by atoms with Crippen molar-refractivity contribution in [1.82, 2.24) is 9.55 Å². The van der Waals surface area contributed by atoms with Gasteiger partial charge in [-0.2, -0.15) is 0 Å². The van der Waals surface area contributed by atoms with Crippen molar-refractivity contribution in [1.29, 1.82) is 0 Å². The first-order valence-electron chi connectivity index (χ1n) is 7.68. The Kier molecular flexibility index (Phi) is 4.99. The second-order valence-corrected chi connectivity index (χ2v) is 6.42. The zero-order valence-electron chi connectivity index (χ0n) is 12.5. The van der Waals surface area contributed by atoms with Gasteiger partial charge in [-0.15, -0.1) is 0 Å². The number of para-hydroxylation sites is 1. The van der Waals surface area contributed by atoms with E-state index in [1.807, 2.05) is 11.8 Å². The Balaban J connectivity index is 1.89. The van der Waals surface area contributed by atoms with Crippen molar-refractivity contribution in [2.45, 2.75) is 37.3 Å². The number of hydrogen-bond donors (Lipinski definition) is 0. The van der Waals surface area contributed by atoms with E-state index in [0.29, 0.717) is 0 Å². The van der Waals surface area contributed by atoms with E-state index in [-0.39, 0.29) is 0 Å². The molecule has 0 fully saturated rings. The highest BCUT2D eigenvalue weighted by atomic mass is 32.2. The number of benzene rings is 1. The van der Waals surface area contributed by atoms with Crippen LogP contribution in [0.2, 0.25) is 0 Å². The SMILES string of the molecule is COCCCSc1nc2c(n1-c1ccccc1)CCCC2. The minimum atomic E-state index is 0.818. The standard InChI is InChI=1S/C17H22N2OS/c1-20-12-7-13-21-17-18-15-10-5-6-11-16(15)19(17)14-8-3-2-4-9-14/h2-4,8-9H,5-7,10-13H2,1H3. The van der Waals surface area contributed by atoms with Crippen LogP contribution in [-0.2, 0) is 17.6 Å². The number of hydrogen-bond acceptors (Lipinski definition) is 3. The van der Waals surface area contributed by atoms with Crippen LogP contribution in [0.4, 0.5) is 0 Å². The third-order valence-electron chi connectivity index (χ3n) is 3.84. The van der Waals surface area contributed by atoms with Gasteiger partial charge in [0.2, 0.25) is 0 Å². The molecular weight excluding hydrogens is 280 g/mol. The lowest BCUT2D eigenvalue weighted by atomic mass is 10.0. The van der Waals surface area contributed by atoms with Gasteiger partial charge >= 0.3 is 0 Å². The summed E-state index contributed by atoms with van der Waals surface area (Å²) in [4.78, 5) is 4.91. The number of aromatic nitrogens is 2. The normalized spacial score (nSPS) is 14.1. The van der Waals surface area contributed by atoms with Gasteiger partial charge in [0.15, 0.2) is 5.16 Å². The Morgan fingerprint density at radius 3 is 2.81 bits per heavy atom. The quantitative estimate of drug-likeness (QED) is 0.598. The van der Waals surface area contributed by atoms with Gasteiger partial charge in [0.25, 0.3) is 0 Å². The van der Waals surface area contributed by atoms with Gasteiger partial charge in [-0.05, 0) is 44.2 Å². The summed E-state index contributed by atoms with van der Waals surface area (Å²) < 4.78 is 7.50. The predicted octanol–water partition coefficient (Wildman–Crippen LogP) is 3.88. The fourth-order valence-corrected chi connectivity index (χ4v) is 3.79. The van der Waals surface area contributed by atoms with E-state index in [1.165, 1.54) is 29.9 Å². The van der Waals surface area contributed by atoms with E-state index in [2.05, 4.69) is 34.9 Å². The van der Waals surface area contributed by atoms with E-state index in [0.717, 1.165) is 36.8 Å². The molecule has 3 rings (SSSR count). The molecule has 1 aromatic heterocycles. The first kappa shape index (κ1) is 14.7. The molecule has 0 N–H and O–H groups in total. The van der Waals surface area contributed by atoms with Crippen LogP contribution in [0.1, 0.15) is 30.7 Å². The molecule has 0 amide bonds. The topological polar surface area (TPSA) is 27.1 Å². The summed E-state index contributed by atoms with van der Waals surface area (Å²) in [5.41, 5.74) is 3.96. The summed E-state index contributed by atoms with van der Waals surface area (Å²) in [7, 11) is 1.76. The van der Waals surface area contributed by atoms with Crippen LogP contribution < -0.4 is 0 Å². The van der Waals surface area contributed by atoms with Gasteiger partial charge in [0.1, 0.15) is 0 Å². The van der Waals surface area contributed by atoms with Crippen molar-refractivity contribution in [2.24, 2.45) is 0 Å². The van der Waals surface area contributed by atoms with Crippen molar-refractivity contribution in [3.63, 3.8) is 0 Å². The van der Waals surface area contributed by atoms with E-state index in [9.17, 15) is 0 Å². The lowest BCUT2D eigenvalue weighted by molar-refractivity contribution is 0.200. The number of nitrogens with zero attached hydrogens (tertiary/aromatic N) is 2. The zero-order valence-corrected chi connectivity index (χ0v) is 13.4. The highest BCUT2D eigenvalue weighted by Crippen LogP contribution is 2.30. The second kappa shape index (κ2) is 7.14. The third-order valence-corrected chi connectivity index (χ3v) is 4.87. The molecule has 1 heterocycles. The van der Waals surface area contributed by atoms with Gasteiger partial charge in [-0.3, -0.25) is 4.57 Å². The Morgan fingerprint density at radius 1 is 1.19 bits per heavy atom. The summed E-state index contributed by atoms with van der Waals surface area (Å²) in [6.07, 6.45) is 5.88. The number of methoxy groups -OCH3 is 1. The van der Waals surface area contributed by atoms with Gasteiger partial charge in [-0.1, -0.05) is 30.0 Å². The summed E-state index contributed by atoms with van der Waals surface area (Å²) in [5.74, 6) is 1.05. The molecule has 112 valence electrons. The average molecular weight is 302 g/mol. The number of aryl methyl sites for hydroxylation is 1. The minimum Gasteiger partial charge on any atom is -0.385 e. The fraction of sp³-hybridized carbons (Fsp3) is 0.471. The van der Waals surface area contributed by atoms with E-state index >= 15 is 0 Å². The van der Waals surface area contributed by atoms with Crippen LogP contribution in [-0.4, -0.2) is 29.0 Å². The number of fused-ring (bicyclic) bond motifs is 1. The summed E-state index contributed by atoms with van der Waals surface area (Å²) in [6, 6.07) is 10.6. The number of rotatable bonds is 6. The molecule has 3 nitrogen and oxygen atoms in total. The van der Waals surface area contributed by atoms with Crippen LogP contribution in [0, 0.1) is 0 Å². The van der Waals surface area contributed by atoms with Gasteiger partial charge in [-0.25, -0.2) is 4.98 Å². The maximum atomic E-state index is 5.14. The van der Waals surface area contributed by atoms with Crippen molar-refractivity contribution < 1.29 is 4.74 Å². The molecule has 1 aliphatic carbocycles. The molecule has 2 aromatic rings. The molecule has 1 aromatic carbocycles. The molecular formula is C17H22N2OS. The van der Waals surface area contributed by atoms with E-state index in [4.69, 9.17) is 9.72 Å². The third kappa shape index (κ3) is 3.33. The monoisotopic (exact) mass is 302 g/mol. The van der Waals surface area contributed by atoms with Gasteiger partial charge in [0, 0.05) is 30.9 Å². The maximum absolute atomic E-state index is 5.14. The largest absolute Gasteiger partial charge is 0.385 e. The predicted molar refractivity (Wildman–Crippen MR) is 87.4 cm³/mol. The average Bonchev–Trinajstić information content (AvgIpc) is 2.90. The van der Waals surface area contributed by atoms with Crippen LogP contribution >= 0.6 is 11.8 Å². The van der Waals surface area contributed by atoms with Crippen LogP contribution in [0.3, 0.4) is 0 Å². The molecule has 1 aliphatic rings. The van der Waals surface area contributed by atoms with Crippen molar-refractivity contribution in [3.05, 3.63) is 41.7 Å². The molecule has 0 atom stereocenters. The Hall–Kier alpha value is -1.26. The molecule has 4 heteroatoms. The number of thioether (sulfide) groups is 1. The highest BCUT2D eigenvalue weighted by Gasteiger charge is 2.20. The molecule has 0 spiro atoms. The van der Waals surface area contributed by atoms with Gasteiger partial charge in [0.05, 0.1) is 5.69 Å². The number of ether oxygens (including phenoxy) is 1. The van der Waals surface area contributed by atoms with Crippen molar-refractivity contribution in [2.75, 3.05) is 19.5 Å². The van der Waals surface area contributed by atoms with Crippen molar-refractivity contribution >= 4 is 11.8 Å². The van der Waals surface area contributed by atoms with E-state index in [1.54, 1.807) is 7.11 Å². The molecule has 0 radical (unpaired) electrons. The first-order valence-corrected chi connectivity index (χ1v) is 8.66. The molecule has 0 bridgehead atoms. The lowest BCUT2D eigenvalue weighted by Crippen LogP contribution is -2.07. The number of imidazole rings is 1. The Labute approximate surface area is 130 Å². The minimum absolute atomic E-state index is 0.818. The lowest BCUT2D eigenvalue weighted by Gasteiger charge is -2.15. The van der Waals surface area contributed by atoms with E-state index < -0.39 is 0 Å². The van der Waals surface area contributed by atoms with Crippen LogP contribution in [0.5, 0.6) is 0 Å². The van der Waals surface area contributed by atoms with Crippen LogP contribution in [0.25, 0.3) is 5.69 Å². The second-order valence-electron chi connectivity index (χ2n) is 5.36. The zero-order chi connectivity index (χ0) is 14.5. The molecule has 0 saturated carbocycles. The maximum Gasteiger partial charge on any atom is 0.173 e. The molecule has 0 saturated heterocycles. The van der Waals surface area contributed by atoms with Crippen LogP contribution in [0.15, 0.2) is 35.5 Å². The van der Waals surface area contributed by atoms with Crippen molar-refractivity contribution in [3.8, 4) is 5.69 Å². The highest BCUT2D eigenvalue weighted by molar-refractivity contribution is 7.99. The fourth-order valence-electron chi connectivity index (χ4n) is 2.82. The Bertz CT molecular complexity index is 580. The summed E-state index contributed by atoms with van der Waals surface area (Å²) in [6.45, 7) is 0.818. The van der Waals surface area contributed by atoms with Gasteiger partial charge < -0.3 is 4.74 Å². The molecule has 21 heavy (non-hydrogen) atoms. The molecule has 0 aliphatic heterocycles. The summed E-state index contributed by atoms with van der Waals surface area (Å²) >= 11 is 1.85. The first-order chi connectivity index (χ1) is 10.4.